The molecule has 1 N–H and O–H groups in total. The van der Waals surface area contributed by atoms with Crippen LogP contribution in [-0.2, 0) is 9.53 Å². The molecule has 0 saturated carbocycles. The first-order valence-corrected chi connectivity index (χ1v) is 8.73. The lowest BCUT2D eigenvalue weighted by molar-refractivity contribution is -0.126. The van der Waals surface area contributed by atoms with Gasteiger partial charge in [0.15, 0.2) is 0 Å². The molecule has 2 fully saturated rings. The minimum absolute atomic E-state index is 0.0946. The number of nitrogens with one attached hydrogen (secondary N) is 1. The lowest BCUT2D eigenvalue weighted by atomic mass is 10.1. The van der Waals surface area contributed by atoms with E-state index in [2.05, 4.69) is 15.1 Å². The molecule has 2 saturated heterocycles. The van der Waals surface area contributed by atoms with Crippen LogP contribution in [0.15, 0.2) is 24.3 Å². The zero-order valence-corrected chi connectivity index (χ0v) is 14.2. The van der Waals surface area contributed by atoms with Crippen LogP contribution in [0, 0.1) is 11.7 Å². The van der Waals surface area contributed by atoms with E-state index >= 15 is 0 Å². The van der Waals surface area contributed by atoms with Gasteiger partial charge in [0.1, 0.15) is 5.82 Å². The van der Waals surface area contributed by atoms with Gasteiger partial charge < -0.3 is 15.0 Å². The van der Waals surface area contributed by atoms with Gasteiger partial charge in [-0.3, -0.25) is 9.69 Å². The van der Waals surface area contributed by atoms with Gasteiger partial charge in [-0.1, -0.05) is 0 Å². The second kappa shape index (κ2) is 7.94. The van der Waals surface area contributed by atoms with Crippen molar-refractivity contribution >= 4 is 11.6 Å². The number of piperazine rings is 1. The van der Waals surface area contributed by atoms with Gasteiger partial charge in [0.2, 0.25) is 5.91 Å². The first-order chi connectivity index (χ1) is 11.6. The molecular formula is C18H26FN3O2. The van der Waals surface area contributed by atoms with Crippen LogP contribution in [0.4, 0.5) is 10.1 Å². The van der Waals surface area contributed by atoms with Crippen molar-refractivity contribution in [1.82, 2.24) is 10.2 Å². The van der Waals surface area contributed by atoms with E-state index in [-0.39, 0.29) is 17.8 Å². The van der Waals surface area contributed by atoms with Crippen LogP contribution < -0.4 is 10.2 Å². The van der Waals surface area contributed by atoms with E-state index in [1.807, 2.05) is 19.1 Å². The van der Waals surface area contributed by atoms with Crippen molar-refractivity contribution in [2.24, 2.45) is 5.92 Å². The average molecular weight is 335 g/mol. The fourth-order valence-corrected chi connectivity index (χ4v) is 3.32. The summed E-state index contributed by atoms with van der Waals surface area (Å²) < 4.78 is 18.4. The number of carbonyl (C=O) groups is 1. The maximum atomic E-state index is 13.0. The van der Waals surface area contributed by atoms with Gasteiger partial charge in [0.05, 0.1) is 12.6 Å². The molecular weight excluding hydrogens is 309 g/mol. The number of anilines is 1. The van der Waals surface area contributed by atoms with Gasteiger partial charge in [0.25, 0.3) is 0 Å². The molecule has 5 nitrogen and oxygen atoms in total. The van der Waals surface area contributed by atoms with E-state index < -0.39 is 0 Å². The molecule has 2 heterocycles. The monoisotopic (exact) mass is 335 g/mol. The Morgan fingerprint density at radius 3 is 2.62 bits per heavy atom. The highest BCUT2D eigenvalue weighted by Crippen LogP contribution is 2.18. The van der Waals surface area contributed by atoms with Crippen LogP contribution in [-0.4, -0.2) is 62.8 Å². The summed E-state index contributed by atoms with van der Waals surface area (Å²) in [5, 5.41) is 3.05. The molecule has 0 spiro atoms. The highest BCUT2D eigenvalue weighted by atomic mass is 19.1. The van der Waals surface area contributed by atoms with Crippen LogP contribution >= 0.6 is 0 Å². The predicted octanol–water partition coefficient (Wildman–Crippen LogP) is 1.49. The van der Waals surface area contributed by atoms with Crippen molar-refractivity contribution in [1.29, 1.82) is 0 Å². The minimum Gasteiger partial charge on any atom is -0.381 e. The van der Waals surface area contributed by atoms with Gasteiger partial charge in [-0.25, -0.2) is 4.39 Å². The van der Waals surface area contributed by atoms with Crippen LogP contribution in [0.3, 0.4) is 0 Å². The molecule has 1 aromatic rings. The van der Waals surface area contributed by atoms with E-state index in [0.717, 1.165) is 51.5 Å². The molecule has 0 radical (unpaired) electrons. The molecule has 1 aromatic carbocycles. The maximum absolute atomic E-state index is 13.0. The van der Waals surface area contributed by atoms with Crippen LogP contribution in [0.5, 0.6) is 0 Å². The lowest BCUT2D eigenvalue weighted by Gasteiger charge is -2.38. The molecule has 1 amide bonds. The number of rotatable bonds is 5. The van der Waals surface area contributed by atoms with Crippen molar-refractivity contribution in [3.63, 3.8) is 0 Å². The number of benzene rings is 1. The SMILES string of the molecule is C[C@@H](C(=O)NC[C@@H]1CCOC1)N1CCN(c2ccc(F)cc2)CC1. The molecule has 0 bridgehead atoms. The van der Waals surface area contributed by atoms with Crippen molar-refractivity contribution in [3.8, 4) is 0 Å². The molecule has 6 heteroatoms. The van der Waals surface area contributed by atoms with E-state index in [0.29, 0.717) is 12.5 Å². The number of ether oxygens (including phenoxy) is 1. The fourth-order valence-electron chi connectivity index (χ4n) is 3.32. The normalized spacial score (nSPS) is 23.2. The summed E-state index contributed by atoms with van der Waals surface area (Å²) in [5.74, 6) is 0.337. The van der Waals surface area contributed by atoms with Crippen molar-refractivity contribution in [2.45, 2.75) is 19.4 Å². The largest absolute Gasteiger partial charge is 0.381 e. The zero-order chi connectivity index (χ0) is 16.9. The number of hydrogen-bond acceptors (Lipinski definition) is 4. The quantitative estimate of drug-likeness (QED) is 0.885. The Hall–Kier alpha value is -1.66. The molecule has 2 aliphatic heterocycles. The number of amides is 1. The molecule has 132 valence electrons. The predicted molar refractivity (Wildman–Crippen MR) is 91.6 cm³/mol. The molecule has 3 rings (SSSR count). The summed E-state index contributed by atoms with van der Waals surface area (Å²) in [6, 6.07) is 6.48. The van der Waals surface area contributed by atoms with E-state index in [1.165, 1.54) is 12.1 Å². The van der Waals surface area contributed by atoms with Gasteiger partial charge in [-0.15, -0.1) is 0 Å². The summed E-state index contributed by atoms with van der Waals surface area (Å²) in [5.41, 5.74) is 1.04. The van der Waals surface area contributed by atoms with Crippen molar-refractivity contribution in [3.05, 3.63) is 30.1 Å². The van der Waals surface area contributed by atoms with Gasteiger partial charge in [-0.2, -0.15) is 0 Å². The molecule has 2 aliphatic rings. The van der Waals surface area contributed by atoms with Gasteiger partial charge in [0, 0.05) is 50.9 Å². The third-order valence-electron chi connectivity index (χ3n) is 5.02. The van der Waals surface area contributed by atoms with Gasteiger partial charge >= 0.3 is 0 Å². The van der Waals surface area contributed by atoms with E-state index in [4.69, 9.17) is 4.74 Å². The number of nitrogens with zero attached hydrogens (tertiary/aromatic N) is 2. The molecule has 2 atom stereocenters. The molecule has 0 unspecified atom stereocenters. The highest BCUT2D eigenvalue weighted by Gasteiger charge is 2.26. The zero-order valence-electron chi connectivity index (χ0n) is 14.2. The van der Waals surface area contributed by atoms with Crippen LogP contribution in [0.1, 0.15) is 13.3 Å². The smallest absolute Gasteiger partial charge is 0.237 e. The summed E-state index contributed by atoms with van der Waals surface area (Å²) in [7, 11) is 0. The third kappa shape index (κ3) is 4.24. The summed E-state index contributed by atoms with van der Waals surface area (Å²) >= 11 is 0. The van der Waals surface area contributed by atoms with Crippen LogP contribution in [0.25, 0.3) is 0 Å². The fraction of sp³-hybridized carbons (Fsp3) is 0.611. The number of hydrogen-bond donors (Lipinski definition) is 1. The Balaban J connectivity index is 1.44. The minimum atomic E-state index is -0.213. The first kappa shape index (κ1) is 17.2. The maximum Gasteiger partial charge on any atom is 0.237 e. The Bertz CT molecular complexity index is 538. The number of halogens is 1. The van der Waals surface area contributed by atoms with Crippen LogP contribution in [0.2, 0.25) is 0 Å². The Morgan fingerprint density at radius 1 is 1.29 bits per heavy atom. The Kier molecular flexibility index (Phi) is 5.68. The topological polar surface area (TPSA) is 44.8 Å². The van der Waals surface area contributed by atoms with Crippen molar-refractivity contribution < 1.29 is 13.9 Å². The summed E-state index contributed by atoms with van der Waals surface area (Å²) in [6.45, 7) is 7.59. The van der Waals surface area contributed by atoms with E-state index in [9.17, 15) is 9.18 Å². The first-order valence-electron chi connectivity index (χ1n) is 8.73. The lowest BCUT2D eigenvalue weighted by Crippen LogP contribution is -2.54. The Labute approximate surface area is 142 Å². The standard InChI is InChI=1S/C18H26FN3O2/c1-14(18(23)20-12-15-6-11-24-13-15)21-7-9-22(10-8-21)17-4-2-16(19)3-5-17/h2-5,14-15H,6-13H2,1H3,(H,20,23)/t14-,15-/m0/s1. The van der Waals surface area contributed by atoms with Gasteiger partial charge in [-0.05, 0) is 37.6 Å². The third-order valence-corrected chi connectivity index (χ3v) is 5.02. The summed E-state index contributed by atoms with van der Waals surface area (Å²) in [4.78, 5) is 16.8. The molecule has 0 aromatic heterocycles. The molecule has 0 aliphatic carbocycles. The second-order valence-electron chi connectivity index (χ2n) is 6.65. The highest BCUT2D eigenvalue weighted by molar-refractivity contribution is 5.81. The average Bonchev–Trinajstić information content (AvgIpc) is 3.13. The van der Waals surface area contributed by atoms with E-state index in [1.54, 1.807) is 0 Å². The summed E-state index contributed by atoms with van der Waals surface area (Å²) in [6.07, 6.45) is 1.03. The van der Waals surface area contributed by atoms with Crippen molar-refractivity contribution in [2.75, 3.05) is 50.8 Å². The second-order valence-corrected chi connectivity index (χ2v) is 6.65. The number of carbonyl (C=O) groups excluding carboxylic acids is 1. The molecule has 24 heavy (non-hydrogen) atoms. The Morgan fingerprint density at radius 2 is 2.00 bits per heavy atom.